The fraction of sp³-hybridized carbons (Fsp3) is 0.452. The van der Waals surface area contributed by atoms with Crippen LogP contribution in [0, 0.1) is 11.8 Å². The van der Waals surface area contributed by atoms with Crippen LogP contribution in [-0.4, -0.2) is 100 Å². The maximum Gasteiger partial charge on any atom is 0.406 e. The SMILES string of the molecule is COCCOc1cc(S(C)(=O)=O)ccc1NCC#Cc1cc2c(NC3CCN(CC(=O)CO)CC3)cccc2n1CC(F)(F)F. The number of rotatable bonds is 13. The highest BCUT2D eigenvalue weighted by atomic mass is 32.2. The standard InChI is InChI=1S/C31H37F3N4O6S/c1-43-15-16-44-30-18-25(45(2,41)42)8-9-28(30)35-12-4-5-23-17-26-27(6-3-7-29(26)38(23)21-31(32,33)34)36-22-10-13-37(14-11-22)19-24(40)20-39/h3,6-9,17-18,22,35-36,39H,10-16,19-21H2,1-2H3. The second-order valence-electron chi connectivity index (χ2n) is 10.8. The normalized spacial score (nSPS) is 14.6. The number of benzene rings is 2. The van der Waals surface area contributed by atoms with Crippen LogP contribution in [0.1, 0.15) is 18.5 Å². The first-order valence-electron chi connectivity index (χ1n) is 14.4. The van der Waals surface area contributed by atoms with Crippen LogP contribution in [-0.2, 0) is 25.9 Å². The molecule has 0 saturated carbocycles. The number of carbonyl (C=O) groups excluding carboxylic acids is 1. The number of alkyl halides is 3. The Labute approximate surface area is 260 Å². The summed E-state index contributed by atoms with van der Waals surface area (Å²) in [6.07, 6.45) is -1.91. The van der Waals surface area contributed by atoms with Crippen LogP contribution in [0.3, 0.4) is 0 Å². The number of anilines is 2. The first-order valence-corrected chi connectivity index (χ1v) is 16.3. The molecular weight excluding hydrogens is 613 g/mol. The number of carbonyl (C=O) groups is 1. The number of aliphatic hydroxyl groups excluding tert-OH is 1. The Morgan fingerprint density at radius 3 is 2.53 bits per heavy atom. The summed E-state index contributed by atoms with van der Waals surface area (Å²) in [6, 6.07) is 11.3. The van der Waals surface area contributed by atoms with Gasteiger partial charge in [-0.05, 0) is 49.1 Å². The molecule has 0 spiro atoms. The number of Topliss-reactive ketones (excluding diaryl/α,β-unsaturated/α-hetero) is 1. The molecule has 0 radical (unpaired) electrons. The lowest BCUT2D eigenvalue weighted by Crippen LogP contribution is -2.42. The molecular formula is C31H37F3N4O6S. The van der Waals surface area contributed by atoms with E-state index in [0.717, 1.165) is 23.7 Å². The molecule has 0 unspecified atom stereocenters. The molecule has 0 aliphatic carbocycles. The van der Waals surface area contributed by atoms with Crippen LogP contribution >= 0.6 is 0 Å². The van der Waals surface area contributed by atoms with E-state index in [1.807, 2.05) is 11.0 Å². The van der Waals surface area contributed by atoms with Crippen molar-refractivity contribution < 1.29 is 41.0 Å². The number of likely N-dealkylation sites (tertiary alicyclic amines) is 1. The van der Waals surface area contributed by atoms with Gasteiger partial charge in [0.1, 0.15) is 25.5 Å². The zero-order valence-electron chi connectivity index (χ0n) is 25.1. The Bertz CT molecular complexity index is 1660. The van der Waals surface area contributed by atoms with Gasteiger partial charge in [-0.3, -0.25) is 9.69 Å². The van der Waals surface area contributed by atoms with Crippen molar-refractivity contribution in [2.45, 2.75) is 36.5 Å². The number of piperidine rings is 1. The first kappa shape index (κ1) is 34.1. The molecule has 1 fully saturated rings. The summed E-state index contributed by atoms with van der Waals surface area (Å²) >= 11 is 0. The van der Waals surface area contributed by atoms with Gasteiger partial charge in [0.05, 0.1) is 41.5 Å². The predicted octanol–water partition coefficient (Wildman–Crippen LogP) is 3.53. The van der Waals surface area contributed by atoms with Crippen molar-refractivity contribution in [2.75, 3.05) is 70.0 Å². The monoisotopic (exact) mass is 650 g/mol. The largest absolute Gasteiger partial charge is 0.489 e. The summed E-state index contributed by atoms with van der Waals surface area (Å²) in [4.78, 5) is 13.6. The van der Waals surface area contributed by atoms with E-state index in [9.17, 15) is 26.4 Å². The lowest BCUT2D eigenvalue weighted by molar-refractivity contribution is -0.140. The first-order chi connectivity index (χ1) is 21.4. The maximum atomic E-state index is 13.6. The highest BCUT2D eigenvalue weighted by Crippen LogP contribution is 2.32. The average molecular weight is 651 g/mol. The molecule has 3 aromatic rings. The minimum atomic E-state index is -4.47. The van der Waals surface area contributed by atoms with Gasteiger partial charge in [0.15, 0.2) is 15.6 Å². The zero-order valence-corrected chi connectivity index (χ0v) is 25.9. The number of nitrogens with zero attached hydrogens (tertiary/aromatic N) is 2. The van der Waals surface area contributed by atoms with Crippen molar-refractivity contribution in [1.82, 2.24) is 9.47 Å². The fourth-order valence-electron chi connectivity index (χ4n) is 5.13. The van der Waals surface area contributed by atoms with Crippen molar-refractivity contribution in [1.29, 1.82) is 0 Å². The molecule has 0 bridgehead atoms. The van der Waals surface area contributed by atoms with Gasteiger partial charge in [-0.1, -0.05) is 12.0 Å². The summed E-state index contributed by atoms with van der Waals surface area (Å²) in [5, 5.41) is 16.1. The number of methoxy groups -OCH3 is 1. The molecule has 3 N–H and O–H groups in total. The summed E-state index contributed by atoms with van der Waals surface area (Å²) < 4.78 is 76.8. The fourth-order valence-corrected chi connectivity index (χ4v) is 5.76. The van der Waals surface area contributed by atoms with Crippen molar-refractivity contribution in [3.63, 3.8) is 0 Å². The topological polar surface area (TPSA) is 122 Å². The Kier molecular flexibility index (Phi) is 11.4. The van der Waals surface area contributed by atoms with Gasteiger partial charge in [-0.25, -0.2) is 8.42 Å². The molecule has 0 atom stereocenters. The van der Waals surface area contributed by atoms with Gasteiger partial charge < -0.3 is 29.8 Å². The van der Waals surface area contributed by atoms with Gasteiger partial charge in [0, 0.05) is 49.6 Å². The molecule has 1 saturated heterocycles. The van der Waals surface area contributed by atoms with Crippen LogP contribution in [0.15, 0.2) is 47.4 Å². The van der Waals surface area contributed by atoms with E-state index in [0.29, 0.717) is 35.4 Å². The predicted molar refractivity (Wildman–Crippen MR) is 165 cm³/mol. The molecule has 244 valence electrons. The summed E-state index contributed by atoms with van der Waals surface area (Å²) in [5.41, 5.74) is 1.76. The lowest BCUT2D eigenvalue weighted by atomic mass is 10.0. The molecule has 14 heteroatoms. The van der Waals surface area contributed by atoms with Gasteiger partial charge in [-0.2, -0.15) is 13.2 Å². The molecule has 10 nitrogen and oxygen atoms in total. The Hall–Kier alpha value is -3.77. The van der Waals surface area contributed by atoms with Crippen LogP contribution < -0.4 is 15.4 Å². The number of hydrogen-bond donors (Lipinski definition) is 3. The third kappa shape index (κ3) is 9.61. The highest BCUT2D eigenvalue weighted by Gasteiger charge is 2.30. The van der Waals surface area contributed by atoms with Crippen molar-refractivity contribution in [2.24, 2.45) is 0 Å². The Morgan fingerprint density at radius 2 is 1.87 bits per heavy atom. The van der Waals surface area contributed by atoms with Crippen molar-refractivity contribution in [3.8, 4) is 17.6 Å². The minimum Gasteiger partial charge on any atom is -0.489 e. The molecule has 2 aromatic carbocycles. The van der Waals surface area contributed by atoms with Gasteiger partial charge >= 0.3 is 6.18 Å². The maximum absolute atomic E-state index is 13.6. The second-order valence-corrected chi connectivity index (χ2v) is 12.8. The number of sulfone groups is 1. The molecule has 1 aliphatic rings. The van der Waals surface area contributed by atoms with E-state index in [-0.39, 0.29) is 54.5 Å². The molecule has 1 aromatic heterocycles. The second kappa shape index (κ2) is 15.0. The van der Waals surface area contributed by atoms with E-state index in [2.05, 4.69) is 22.5 Å². The lowest BCUT2D eigenvalue weighted by Gasteiger charge is -2.32. The van der Waals surface area contributed by atoms with Crippen molar-refractivity contribution >= 4 is 37.9 Å². The highest BCUT2D eigenvalue weighted by molar-refractivity contribution is 7.90. The summed E-state index contributed by atoms with van der Waals surface area (Å²) in [5.74, 6) is 5.80. The third-order valence-electron chi connectivity index (χ3n) is 7.32. The third-order valence-corrected chi connectivity index (χ3v) is 8.43. The number of ketones is 1. The summed E-state index contributed by atoms with van der Waals surface area (Å²) in [7, 11) is -1.97. The quantitative estimate of drug-likeness (QED) is 0.188. The smallest absolute Gasteiger partial charge is 0.406 e. The van der Waals surface area contributed by atoms with E-state index in [4.69, 9.17) is 14.6 Å². The molecule has 1 aliphatic heterocycles. The van der Waals surface area contributed by atoms with Crippen LogP contribution in [0.25, 0.3) is 10.9 Å². The summed E-state index contributed by atoms with van der Waals surface area (Å²) in [6.45, 7) is 0.341. The van der Waals surface area contributed by atoms with Gasteiger partial charge in [0.25, 0.3) is 0 Å². The molecule has 4 rings (SSSR count). The zero-order chi connectivity index (χ0) is 32.6. The number of fused-ring (bicyclic) bond motifs is 1. The van der Waals surface area contributed by atoms with E-state index < -0.39 is 29.2 Å². The Morgan fingerprint density at radius 1 is 1.11 bits per heavy atom. The van der Waals surface area contributed by atoms with Crippen LogP contribution in [0.5, 0.6) is 5.75 Å². The van der Waals surface area contributed by atoms with Crippen LogP contribution in [0.2, 0.25) is 0 Å². The number of hydrogen-bond acceptors (Lipinski definition) is 9. The molecule has 45 heavy (non-hydrogen) atoms. The number of ether oxygens (including phenoxy) is 2. The number of nitrogens with one attached hydrogen (secondary N) is 2. The number of aliphatic hydroxyl groups is 1. The molecule has 2 heterocycles. The van der Waals surface area contributed by atoms with Crippen molar-refractivity contribution in [3.05, 3.63) is 48.2 Å². The van der Waals surface area contributed by atoms with Gasteiger partial charge in [-0.15, -0.1) is 0 Å². The average Bonchev–Trinajstić information content (AvgIpc) is 3.32. The van der Waals surface area contributed by atoms with E-state index in [1.165, 1.54) is 19.2 Å². The molecule has 0 amide bonds. The van der Waals surface area contributed by atoms with E-state index >= 15 is 0 Å². The number of halogens is 3. The van der Waals surface area contributed by atoms with Gasteiger partial charge in [0.2, 0.25) is 0 Å². The number of aromatic nitrogens is 1. The minimum absolute atomic E-state index is 0.0505. The van der Waals surface area contributed by atoms with Crippen LogP contribution in [0.4, 0.5) is 24.5 Å². The van der Waals surface area contributed by atoms with E-state index in [1.54, 1.807) is 24.3 Å². The Balaban J connectivity index is 1.54.